The van der Waals surface area contributed by atoms with E-state index in [1.807, 2.05) is 44.2 Å². The number of piperidine rings is 1. The smallest absolute Gasteiger partial charge is 0.305 e. The summed E-state index contributed by atoms with van der Waals surface area (Å²) >= 11 is 0. The van der Waals surface area contributed by atoms with Gasteiger partial charge in [0.05, 0.1) is 18.2 Å². The zero-order valence-corrected chi connectivity index (χ0v) is 26.9. The lowest BCUT2D eigenvalue weighted by atomic mass is 9.92. The topological polar surface area (TPSA) is 94.9 Å². The number of amides is 1. The maximum atomic E-state index is 14.2. The number of likely N-dealkylation sites (tertiary alicyclic amines) is 1. The van der Waals surface area contributed by atoms with Crippen LogP contribution in [-0.4, -0.2) is 71.9 Å². The number of rotatable bonds is 7. The van der Waals surface area contributed by atoms with E-state index in [4.69, 9.17) is 5.11 Å². The summed E-state index contributed by atoms with van der Waals surface area (Å²) in [5.41, 5.74) is 5.49. The summed E-state index contributed by atoms with van der Waals surface area (Å²) in [5.74, 6) is -1.42. The maximum absolute atomic E-state index is 14.2. The molecule has 1 aromatic heterocycles. The summed E-state index contributed by atoms with van der Waals surface area (Å²) in [6, 6.07) is 10.8. The van der Waals surface area contributed by atoms with Crippen LogP contribution in [0, 0.1) is 42.7 Å². The average Bonchev–Trinajstić information content (AvgIpc) is 3.33. The van der Waals surface area contributed by atoms with Gasteiger partial charge < -0.3 is 19.9 Å². The minimum Gasteiger partial charge on any atom is -0.481 e. The number of nitrogens with zero attached hydrogens (tertiary/aromatic N) is 3. The van der Waals surface area contributed by atoms with Crippen LogP contribution in [0.15, 0.2) is 42.5 Å². The molecule has 2 aromatic carbocycles. The highest BCUT2D eigenvalue weighted by Crippen LogP contribution is 2.61. The lowest BCUT2D eigenvalue weighted by Crippen LogP contribution is -2.30. The molecule has 2 N–H and O–H groups in total. The van der Waals surface area contributed by atoms with Gasteiger partial charge in [-0.25, -0.2) is 8.78 Å². The molecule has 1 amide bonds. The molecule has 242 valence electrons. The van der Waals surface area contributed by atoms with Crippen LogP contribution in [0.1, 0.15) is 59.2 Å². The molecule has 2 fully saturated rings. The van der Waals surface area contributed by atoms with Gasteiger partial charge >= 0.3 is 5.97 Å². The monoisotopic (exact) mass is 622 g/mol. The predicted molar refractivity (Wildman–Crippen MR) is 170 cm³/mol. The van der Waals surface area contributed by atoms with Crippen molar-refractivity contribution in [1.82, 2.24) is 19.7 Å². The van der Waals surface area contributed by atoms with Gasteiger partial charge in [-0.3, -0.25) is 19.3 Å². The second-order valence-electron chi connectivity index (χ2n) is 13.1. The second kappa shape index (κ2) is 14.0. The molecule has 3 heterocycles. The first kappa shape index (κ1) is 34.0. The summed E-state index contributed by atoms with van der Waals surface area (Å²) in [7, 11) is 4.32. The van der Waals surface area contributed by atoms with Crippen molar-refractivity contribution in [3.8, 4) is 11.1 Å². The molecule has 3 aliphatic rings. The number of benzene rings is 2. The Hall–Kier alpha value is -3.89. The lowest BCUT2D eigenvalue weighted by molar-refractivity contribution is -0.137. The first-order valence-electron chi connectivity index (χ1n) is 15.3. The number of carboxylic acids is 1. The van der Waals surface area contributed by atoms with Crippen LogP contribution in [0.3, 0.4) is 0 Å². The van der Waals surface area contributed by atoms with Crippen LogP contribution >= 0.6 is 0 Å². The van der Waals surface area contributed by atoms with E-state index >= 15 is 0 Å². The van der Waals surface area contributed by atoms with E-state index in [-0.39, 0.29) is 12.0 Å². The number of aryl methyl sites for hydroxylation is 2. The first-order valence-corrected chi connectivity index (χ1v) is 15.3. The first-order chi connectivity index (χ1) is 21.3. The van der Waals surface area contributed by atoms with E-state index in [0.717, 1.165) is 66.2 Å². The molecule has 45 heavy (non-hydrogen) atoms. The van der Waals surface area contributed by atoms with Crippen LogP contribution in [0.5, 0.6) is 0 Å². The Morgan fingerprint density at radius 2 is 1.67 bits per heavy atom. The molecule has 3 aromatic rings. The van der Waals surface area contributed by atoms with Crippen LogP contribution in [0.25, 0.3) is 11.1 Å². The summed E-state index contributed by atoms with van der Waals surface area (Å²) in [6.07, 6.45) is 0.650. The maximum Gasteiger partial charge on any atom is 0.305 e. The molecule has 2 aliphatic heterocycles. The highest BCUT2D eigenvalue weighted by Gasteiger charge is 2.61. The van der Waals surface area contributed by atoms with Gasteiger partial charge in [0.1, 0.15) is 0 Å². The molecule has 0 radical (unpaired) electrons. The molecule has 1 aliphatic carbocycles. The Kier molecular flexibility index (Phi) is 10.6. The number of hydrogen-bond acceptors (Lipinski definition) is 5. The summed E-state index contributed by atoms with van der Waals surface area (Å²) in [4.78, 5) is 36.9. The Labute approximate surface area is 264 Å². The molecule has 0 spiro atoms. The molecule has 8 nitrogen and oxygen atoms in total. The van der Waals surface area contributed by atoms with E-state index in [9.17, 15) is 23.2 Å². The number of aliphatic carboxylic acids is 1. The minimum absolute atomic E-state index is 0.192. The quantitative estimate of drug-likeness (QED) is 0.340. The van der Waals surface area contributed by atoms with Crippen LogP contribution < -0.4 is 5.32 Å². The van der Waals surface area contributed by atoms with E-state index in [2.05, 4.69) is 47.6 Å². The zero-order chi connectivity index (χ0) is 33.1. The molecule has 6 rings (SSSR count). The van der Waals surface area contributed by atoms with Gasteiger partial charge in [0, 0.05) is 44.0 Å². The molecular weight excluding hydrogens is 578 g/mol. The molecule has 3 atom stereocenters. The second-order valence-corrected chi connectivity index (χ2v) is 13.1. The van der Waals surface area contributed by atoms with Crippen molar-refractivity contribution in [2.75, 3.05) is 33.7 Å². The highest BCUT2D eigenvalue weighted by atomic mass is 19.2. The molecular formula is C35H44F2N4O4. The van der Waals surface area contributed by atoms with Gasteiger partial charge in [0.2, 0.25) is 6.41 Å². The lowest BCUT2D eigenvalue weighted by Gasteiger charge is -2.25. The third-order valence-electron chi connectivity index (χ3n) is 9.52. The van der Waals surface area contributed by atoms with Crippen molar-refractivity contribution in [3.63, 3.8) is 0 Å². The van der Waals surface area contributed by atoms with Gasteiger partial charge in [0.15, 0.2) is 17.9 Å². The summed E-state index contributed by atoms with van der Waals surface area (Å²) < 4.78 is 30.4. The number of aromatic nitrogens is 1. The Morgan fingerprint density at radius 1 is 1.02 bits per heavy atom. The van der Waals surface area contributed by atoms with Crippen molar-refractivity contribution >= 4 is 18.7 Å². The number of aldehydes is 1. The van der Waals surface area contributed by atoms with Gasteiger partial charge in [-0.15, -0.1) is 0 Å². The number of carbonyl (C=O) groups excluding carboxylic acids is 2. The average molecular weight is 623 g/mol. The van der Waals surface area contributed by atoms with Gasteiger partial charge in [0.25, 0.3) is 0 Å². The predicted octanol–water partition coefficient (Wildman–Crippen LogP) is 5.46. The van der Waals surface area contributed by atoms with Gasteiger partial charge in [-0.05, 0) is 91.7 Å². The minimum atomic E-state index is -1.23. The number of fused-ring (bicyclic) bond motifs is 2. The van der Waals surface area contributed by atoms with Crippen molar-refractivity contribution in [2.45, 2.75) is 53.2 Å². The summed E-state index contributed by atoms with van der Waals surface area (Å²) in [5, 5.41) is 11.2. The van der Waals surface area contributed by atoms with Crippen molar-refractivity contribution < 1.29 is 28.3 Å². The largest absolute Gasteiger partial charge is 0.481 e. The van der Waals surface area contributed by atoms with Crippen molar-refractivity contribution in [1.29, 1.82) is 0 Å². The van der Waals surface area contributed by atoms with Crippen molar-refractivity contribution in [2.24, 2.45) is 17.3 Å². The van der Waals surface area contributed by atoms with E-state index < -0.39 is 30.1 Å². The SMILES string of the molecule is CN1CC2C(C1)C2(C)C.CN1CCn2c(C=O)ccc2C1.Cc1cccc(C)c1-c1cc(F)c(F)c(C(CC(=O)O)NC=O)c1. The molecule has 3 unspecified atom stereocenters. The third kappa shape index (κ3) is 7.68. The molecule has 0 bridgehead atoms. The number of carboxylic acid groups (broad SMARTS) is 1. The summed E-state index contributed by atoms with van der Waals surface area (Å²) in [6.45, 7) is 14.1. The van der Waals surface area contributed by atoms with E-state index in [0.29, 0.717) is 11.0 Å². The Bertz CT molecular complexity index is 1520. The fourth-order valence-corrected chi connectivity index (χ4v) is 6.79. The molecule has 10 heteroatoms. The van der Waals surface area contributed by atoms with Gasteiger partial charge in [-0.1, -0.05) is 32.0 Å². The number of hydrogen-bond donors (Lipinski definition) is 2. The highest BCUT2D eigenvalue weighted by molar-refractivity contribution is 5.73. The number of carbonyl (C=O) groups is 3. The number of nitrogens with one attached hydrogen (secondary N) is 1. The molecule has 1 saturated heterocycles. The van der Waals surface area contributed by atoms with E-state index in [1.54, 1.807) is 0 Å². The van der Waals surface area contributed by atoms with Crippen LogP contribution in [0.4, 0.5) is 8.78 Å². The number of likely N-dealkylation sites (N-methyl/N-ethyl adjacent to an activating group) is 1. The van der Waals surface area contributed by atoms with Crippen LogP contribution in [-0.2, 0) is 22.7 Å². The normalized spacial score (nSPS) is 20.4. The van der Waals surface area contributed by atoms with Crippen LogP contribution in [0.2, 0.25) is 0 Å². The van der Waals surface area contributed by atoms with Crippen molar-refractivity contribution in [3.05, 3.63) is 82.2 Å². The van der Waals surface area contributed by atoms with Gasteiger partial charge in [-0.2, -0.15) is 0 Å². The number of halogens is 2. The standard InChI is InChI=1S/C18H17F2NO3.C9H12N2O.C8H15N/c1-10-4-3-5-11(2)17(10)12-6-13(18(20)14(19)7-12)15(21-9-22)8-16(23)24;1-10-4-5-11-8(6-10)2-3-9(11)7-12;1-8(2)6-4-9(3)5-7(6)8/h3-7,9,15H,8H2,1-2H3,(H,21,22)(H,23,24);2-3,7H,4-6H2,1H3;6-7H,4-5H2,1-3H3. The Morgan fingerprint density at radius 3 is 2.22 bits per heavy atom. The van der Waals surface area contributed by atoms with E-state index in [1.165, 1.54) is 24.8 Å². The Balaban J connectivity index is 0.000000179. The zero-order valence-electron chi connectivity index (χ0n) is 26.9. The molecule has 1 saturated carbocycles. The third-order valence-corrected chi connectivity index (χ3v) is 9.52. The fourth-order valence-electron chi connectivity index (χ4n) is 6.79. The fraction of sp³-hybridized carbons (Fsp3) is 0.457.